The van der Waals surface area contributed by atoms with E-state index in [1.54, 1.807) is 0 Å². The number of ether oxygens (including phenoxy) is 1. The Morgan fingerprint density at radius 3 is 2.52 bits per heavy atom. The number of nitrogens with zero attached hydrogens (tertiary/aromatic N) is 6. The highest BCUT2D eigenvalue weighted by Gasteiger charge is 2.32. The fourth-order valence-electron chi connectivity index (χ4n) is 3.89. The van der Waals surface area contributed by atoms with E-state index in [0.717, 1.165) is 50.5 Å². The summed E-state index contributed by atoms with van der Waals surface area (Å²) in [6.45, 7) is 3.14. The molecular weight excluding hydrogens is 316 g/mol. The van der Waals surface area contributed by atoms with Gasteiger partial charge in [-0.1, -0.05) is 25.0 Å². The summed E-state index contributed by atoms with van der Waals surface area (Å²) in [5.41, 5.74) is 1.79. The zero-order chi connectivity index (χ0) is 17.1. The molecule has 25 heavy (non-hydrogen) atoms. The summed E-state index contributed by atoms with van der Waals surface area (Å²) >= 11 is 0. The largest absolute Gasteiger partial charge is 0.379 e. The summed E-state index contributed by atoms with van der Waals surface area (Å²) in [5.74, 6) is 0.901. The lowest BCUT2D eigenvalue weighted by molar-refractivity contribution is 0.0213. The van der Waals surface area contributed by atoms with E-state index in [2.05, 4.69) is 26.5 Å². The van der Waals surface area contributed by atoms with Crippen molar-refractivity contribution in [1.82, 2.24) is 25.1 Å². The van der Waals surface area contributed by atoms with Crippen molar-refractivity contribution in [2.24, 2.45) is 0 Å². The van der Waals surface area contributed by atoms with Gasteiger partial charge in [0.1, 0.15) is 0 Å². The molecule has 7 heteroatoms. The molecule has 0 N–H and O–H groups in total. The van der Waals surface area contributed by atoms with Crippen LogP contribution in [0.4, 0.5) is 0 Å². The van der Waals surface area contributed by atoms with Crippen molar-refractivity contribution in [3.8, 4) is 6.07 Å². The fraction of sp³-hybridized carbons (Fsp3) is 0.556. The molecule has 2 heterocycles. The summed E-state index contributed by atoms with van der Waals surface area (Å²) in [6.07, 6.45) is 4.76. The van der Waals surface area contributed by atoms with E-state index in [1.807, 2.05) is 28.9 Å². The highest BCUT2D eigenvalue weighted by atomic mass is 16.5. The number of hydrogen-bond acceptors (Lipinski definition) is 6. The molecule has 1 atom stereocenters. The molecule has 2 aromatic rings. The first-order valence-electron chi connectivity index (χ1n) is 8.96. The molecule has 1 saturated carbocycles. The molecule has 4 rings (SSSR count). The van der Waals surface area contributed by atoms with Gasteiger partial charge in [0.25, 0.3) is 0 Å². The van der Waals surface area contributed by atoms with Gasteiger partial charge in [-0.2, -0.15) is 5.26 Å². The van der Waals surface area contributed by atoms with Crippen LogP contribution in [0, 0.1) is 11.3 Å². The monoisotopic (exact) mass is 338 g/mol. The van der Waals surface area contributed by atoms with Gasteiger partial charge in [-0.15, -0.1) is 5.10 Å². The lowest BCUT2D eigenvalue weighted by atomic mass is 10.0. The van der Waals surface area contributed by atoms with Crippen molar-refractivity contribution in [1.29, 1.82) is 5.26 Å². The zero-order valence-electron chi connectivity index (χ0n) is 14.2. The predicted molar refractivity (Wildman–Crippen MR) is 90.7 cm³/mol. The summed E-state index contributed by atoms with van der Waals surface area (Å²) in [5, 5.41) is 21.8. The minimum absolute atomic E-state index is 0.00718. The first kappa shape index (κ1) is 16.2. The summed E-state index contributed by atoms with van der Waals surface area (Å²) < 4.78 is 7.56. The van der Waals surface area contributed by atoms with Crippen LogP contribution in [0.3, 0.4) is 0 Å². The molecule has 1 saturated heterocycles. The molecule has 1 aliphatic carbocycles. The van der Waals surface area contributed by atoms with E-state index >= 15 is 0 Å². The quantitative estimate of drug-likeness (QED) is 0.849. The van der Waals surface area contributed by atoms with E-state index < -0.39 is 0 Å². The summed E-state index contributed by atoms with van der Waals surface area (Å²) in [6, 6.07) is 10.3. The van der Waals surface area contributed by atoms with E-state index in [-0.39, 0.29) is 6.04 Å². The molecule has 1 aliphatic heterocycles. The second-order valence-corrected chi connectivity index (χ2v) is 6.70. The number of aromatic nitrogens is 4. The molecule has 1 aromatic heterocycles. The van der Waals surface area contributed by atoms with Crippen LogP contribution in [0.25, 0.3) is 0 Å². The van der Waals surface area contributed by atoms with Crippen LogP contribution in [0.1, 0.15) is 54.7 Å². The molecule has 0 amide bonds. The third-order valence-corrected chi connectivity index (χ3v) is 5.20. The minimum atomic E-state index is -0.00718. The third kappa shape index (κ3) is 3.28. The van der Waals surface area contributed by atoms with Crippen LogP contribution in [-0.4, -0.2) is 51.4 Å². The molecule has 0 bridgehead atoms. The number of rotatable bonds is 4. The van der Waals surface area contributed by atoms with Gasteiger partial charge in [-0.3, -0.25) is 4.90 Å². The van der Waals surface area contributed by atoms with Crippen LogP contribution in [0.2, 0.25) is 0 Å². The topological polar surface area (TPSA) is 79.9 Å². The molecule has 7 nitrogen and oxygen atoms in total. The smallest absolute Gasteiger partial charge is 0.173 e. The zero-order valence-corrected chi connectivity index (χ0v) is 14.2. The average molecular weight is 338 g/mol. The Bertz CT molecular complexity index is 738. The Labute approximate surface area is 147 Å². The normalized spacial score (nSPS) is 20.4. The number of morpholine rings is 1. The molecule has 1 aromatic carbocycles. The molecule has 0 unspecified atom stereocenters. The maximum Gasteiger partial charge on any atom is 0.173 e. The van der Waals surface area contributed by atoms with E-state index in [4.69, 9.17) is 10.00 Å². The number of hydrogen-bond donors (Lipinski definition) is 0. The maximum absolute atomic E-state index is 9.07. The van der Waals surface area contributed by atoms with Gasteiger partial charge in [-0.05, 0) is 41.0 Å². The lowest BCUT2D eigenvalue weighted by Crippen LogP contribution is -2.40. The summed E-state index contributed by atoms with van der Waals surface area (Å²) in [4.78, 5) is 2.38. The highest BCUT2D eigenvalue weighted by molar-refractivity contribution is 5.34. The Kier molecular flexibility index (Phi) is 4.72. The maximum atomic E-state index is 9.07. The van der Waals surface area contributed by atoms with Gasteiger partial charge in [-0.25, -0.2) is 4.68 Å². The van der Waals surface area contributed by atoms with Gasteiger partial charge >= 0.3 is 0 Å². The Morgan fingerprint density at radius 1 is 1.12 bits per heavy atom. The number of benzene rings is 1. The molecule has 2 fully saturated rings. The minimum Gasteiger partial charge on any atom is -0.379 e. The van der Waals surface area contributed by atoms with Gasteiger partial charge in [0.15, 0.2) is 5.82 Å². The number of nitriles is 1. The Hall–Kier alpha value is -2.30. The Morgan fingerprint density at radius 2 is 1.84 bits per heavy atom. The number of tetrazole rings is 1. The third-order valence-electron chi connectivity index (χ3n) is 5.20. The van der Waals surface area contributed by atoms with Gasteiger partial charge < -0.3 is 4.74 Å². The van der Waals surface area contributed by atoms with Crippen molar-refractivity contribution in [3.05, 3.63) is 41.2 Å². The standard InChI is InChI=1S/C18H22N6O/c19-13-14-5-7-15(8-6-14)17(23-9-11-25-12-10-23)18-20-21-22-24(18)16-3-1-2-4-16/h5-8,16-17H,1-4,9-12H2/t17-/m1/s1. The van der Waals surface area contributed by atoms with E-state index in [0.29, 0.717) is 11.6 Å². The Balaban J connectivity index is 1.72. The van der Waals surface area contributed by atoms with Crippen molar-refractivity contribution < 1.29 is 4.74 Å². The van der Waals surface area contributed by atoms with Crippen LogP contribution < -0.4 is 0 Å². The van der Waals surface area contributed by atoms with Crippen molar-refractivity contribution in [3.63, 3.8) is 0 Å². The predicted octanol–water partition coefficient (Wildman–Crippen LogP) is 2.08. The average Bonchev–Trinajstić information content (AvgIpc) is 3.35. The second-order valence-electron chi connectivity index (χ2n) is 6.70. The molecular formula is C18H22N6O. The van der Waals surface area contributed by atoms with Crippen LogP contribution in [-0.2, 0) is 4.74 Å². The van der Waals surface area contributed by atoms with Crippen LogP contribution in [0.5, 0.6) is 0 Å². The second kappa shape index (κ2) is 7.30. The van der Waals surface area contributed by atoms with Crippen LogP contribution >= 0.6 is 0 Å². The van der Waals surface area contributed by atoms with Crippen molar-refractivity contribution >= 4 is 0 Å². The van der Waals surface area contributed by atoms with Gasteiger partial charge in [0.05, 0.1) is 36.9 Å². The van der Waals surface area contributed by atoms with Gasteiger partial charge in [0.2, 0.25) is 0 Å². The molecule has 0 radical (unpaired) electrons. The van der Waals surface area contributed by atoms with E-state index in [1.165, 1.54) is 12.8 Å². The fourth-order valence-corrected chi connectivity index (χ4v) is 3.89. The van der Waals surface area contributed by atoms with E-state index in [9.17, 15) is 0 Å². The summed E-state index contributed by atoms with van der Waals surface area (Å²) in [7, 11) is 0. The molecule has 0 spiro atoms. The lowest BCUT2D eigenvalue weighted by Gasteiger charge is -2.34. The van der Waals surface area contributed by atoms with Crippen molar-refractivity contribution in [2.45, 2.75) is 37.8 Å². The highest BCUT2D eigenvalue weighted by Crippen LogP contribution is 2.34. The van der Waals surface area contributed by atoms with Crippen molar-refractivity contribution in [2.75, 3.05) is 26.3 Å². The van der Waals surface area contributed by atoms with Crippen LogP contribution in [0.15, 0.2) is 24.3 Å². The van der Waals surface area contributed by atoms with Gasteiger partial charge in [0, 0.05) is 13.1 Å². The molecule has 2 aliphatic rings. The SMILES string of the molecule is N#Cc1ccc([C@H](c2nnnn2C2CCCC2)N2CCOCC2)cc1. The molecule has 130 valence electrons. The first-order valence-corrected chi connectivity index (χ1v) is 8.96. The first-order chi connectivity index (χ1) is 12.4.